The van der Waals surface area contributed by atoms with E-state index in [1.165, 1.54) is 18.7 Å². The summed E-state index contributed by atoms with van der Waals surface area (Å²) in [6, 6.07) is 14.7. The molecule has 0 radical (unpaired) electrons. The number of hydrogen-bond acceptors (Lipinski definition) is 4. The zero-order chi connectivity index (χ0) is 17.5. The summed E-state index contributed by atoms with van der Waals surface area (Å²) in [7, 11) is 1.28. The van der Waals surface area contributed by atoms with Crippen molar-refractivity contribution in [2.75, 3.05) is 12.4 Å². The number of amides is 1. The van der Waals surface area contributed by atoms with Gasteiger partial charge in [0.15, 0.2) is 0 Å². The predicted molar refractivity (Wildman–Crippen MR) is 98.6 cm³/mol. The molecule has 126 valence electrons. The number of esters is 1. The van der Waals surface area contributed by atoms with E-state index < -0.39 is 5.97 Å². The maximum absolute atomic E-state index is 12.3. The van der Waals surface area contributed by atoms with Crippen LogP contribution in [-0.4, -0.2) is 24.2 Å². The molecule has 0 heterocycles. The van der Waals surface area contributed by atoms with Crippen molar-refractivity contribution in [2.24, 2.45) is 0 Å². The Hall–Kier alpha value is -1.98. The number of rotatable bonds is 6. The molecule has 0 aromatic heterocycles. The van der Waals surface area contributed by atoms with Gasteiger partial charge in [-0.1, -0.05) is 41.9 Å². The maximum Gasteiger partial charge on any atom is 0.339 e. The van der Waals surface area contributed by atoms with E-state index in [1.54, 1.807) is 23.9 Å². The van der Waals surface area contributed by atoms with Crippen LogP contribution in [0.1, 0.15) is 22.8 Å². The zero-order valence-corrected chi connectivity index (χ0v) is 15.0. The summed E-state index contributed by atoms with van der Waals surface area (Å²) in [6.45, 7) is 1.85. The van der Waals surface area contributed by atoms with Crippen LogP contribution in [0.3, 0.4) is 0 Å². The van der Waals surface area contributed by atoms with Crippen molar-refractivity contribution in [2.45, 2.75) is 17.9 Å². The molecule has 1 atom stereocenters. The normalized spacial score (nSPS) is 11.6. The SMILES string of the molecule is COC(=O)c1cc(NC(=O)[C@@H](C)SCc2ccccc2)ccc1Cl. The van der Waals surface area contributed by atoms with Gasteiger partial charge < -0.3 is 10.1 Å². The molecule has 0 saturated carbocycles. The molecule has 24 heavy (non-hydrogen) atoms. The minimum atomic E-state index is -0.539. The van der Waals surface area contributed by atoms with Gasteiger partial charge in [-0.15, -0.1) is 11.8 Å². The maximum atomic E-state index is 12.3. The fraction of sp³-hybridized carbons (Fsp3) is 0.222. The summed E-state index contributed by atoms with van der Waals surface area (Å²) < 4.78 is 4.67. The summed E-state index contributed by atoms with van der Waals surface area (Å²) in [4.78, 5) is 23.9. The van der Waals surface area contributed by atoms with Crippen molar-refractivity contribution >= 4 is 40.9 Å². The second-order valence-corrected chi connectivity index (χ2v) is 6.85. The van der Waals surface area contributed by atoms with Crippen molar-refractivity contribution in [3.8, 4) is 0 Å². The van der Waals surface area contributed by atoms with Crippen LogP contribution >= 0.6 is 23.4 Å². The van der Waals surface area contributed by atoms with Crippen LogP contribution in [0.15, 0.2) is 48.5 Å². The summed E-state index contributed by atoms with van der Waals surface area (Å²) >= 11 is 7.51. The monoisotopic (exact) mass is 363 g/mol. The number of hydrogen-bond donors (Lipinski definition) is 1. The lowest BCUT2D eigenvalue weighted by Crippen LogP contribution is -2.22. The molecule has 0 aliphatic carbocycles. The second-order valence-electron chi connectivity index (χ2n) is 5.11. The van der Waals surface area contributed by atoms with Gasteiger partial charge in [-0.3, -0.25) is 4.79 Å². The molecule has 0 bridgehead atoms. The van der Waals surface area contributed by atoms with Crippen LogP contribution in [0.5, 0.6) is 0 Å². The highest BCUT2D eigenvalue weighted by Gasteiger charge is 2.16. The van der Waals surface area contributed by atoms with Crippen LogP contribution in [0, 0.1) is 0 Å². The Bertz CT molecular complexity index is 721. The molecule has 6 heteroatoms. The number of nitrogens with one attached hydrogen (secondary N) is 1. The molecule has 0 unspecified atom stereocenters. The van der Waals surface area contributed by atoms with E-state index in [4.69, 9.17) is 11.6 Å². The molecule has 0 aliphatic rings. The molecule has 0 saturated heterocycles. The Morgan fingerprint density at radius 2 is 1.92 bits per heavy atom. The number of ether oxygens (including phenoxy) is 1. The van der Waals surface area contributed by atoms with Gasteiger partial charge in [0.2, 0.25) is 5.91 Å². The highest BCUT2D eigenvalue weighted by Crippen LogP contribution is 2.23. The highest BCUT2D eigenvalue weighted by molar-refractivity contribution is 7.99. The Balaban J connectivity index is 1.97. The third-order valence-corrected chi connectivity index (χ3v) is 4.89. The summed E-state index contributed by atoms with van der Waals surface area (Å²) in [5.74, 6) is 0.0837. The van der Waals surface area contributed by atoms with E-state index in [2.05, 4.69) is 10.1 Å². The zero-order valence-electron chi connectivity index (χ0n) is 13.4. The van der Waals surface area contributed by atoms with Crippen molar-refractivity contribution in [1.29, 1.82) is 0 Å². The van der Waals surface area contributed by atoms with E-state index in [-0.39, 0.29) is 21.7 Å². The average molecular weight is 364 g/mol. The number of thioether (sulfide) groups is 1. The molecule has 0 fully saturated rings. The van der Waals surface area contributed by atoms with Gasteiger partial charge in [0, 0.05) is 11.4 Å². The number of anilines is 1. The Labute approximate surface area is 150 Å². The summed E-state index contributed by atoms with van der Waals surface area (Å²) in [5, 5.41) is 2.85. The lowest BCUT2D eigenvalue weighted by Gasteiger charge is -2.13. The molecule has 1 amide bonds. The number of halogens is 1. The molecule has 2 aromatic carbocycles. The van der Waals surface area contributed by atoms with Gasteiger partial charge in [-0.25, -0.2) is 4.79 Å². The first-order chi connectivity index (χ1) is 11.5. The fourth-order valence-electron chi connectivity index (χ4n) is 1.98. The van der Waals surface area contributed by atoms with E-state index in [0.29, 0.717) is 5.69 Å². The lowest BCUT2D eigenvalue weighted by atomic mass is 10.2. The van der Waals surface area contributed by atoms with E-state index >= 15 is 0 Å². The lowest BCUT2D eigenvalue weighted by molar-refractivity contribution is -0.115. The number of carbonyl (C=O) groups excluding carboxylic acids is 2. The van der Waals surface area contributed by atoms with Crippen LogP contribution in [-0.2, 0) is 15.3 Å². The Morgan fingerprint density at radius 1 is 1.21 bits per heavy atom. The molecule has 0 aliphatic heterocycles. The van der Waals surface area contributed by atoms with Crippen LogP contribution in [0.4, 0.5) is 5.69 Å². The summed E-state index contributed by atoms with van der Waals surface area (Å²) in [6.07, 6.45) is 0. The van der Waals surface area contributed by atoms with E-state index in [0.717, 1.165) is 5.75 Å². The standard InChI is InChI=1S/C18H18ClNO3S/c1-12(24-11-13-6-4-3-5-7-13)17(21)20-14-8-9-16(19)15(10-14)18(22)23-2/h3-10,12H,11H2,1-2H3,(H,20,21)/t12-/m1/s1. The van der Waals surface area contributed by atoms with Gasteiger partial charge in [-0.2, -0.15) is 0 Å². The highest BCUT2D eigenvalue weighted by atomic mass is 35.5. The van der Waals surface area contributed by atoms with Crippen molar-refractivity contribution in [3.05, 3.63) is 64.7 Å². The number of methoxy groups -OCH3 is 1. The van der Waals surface area contributed by atoms with Gasteiger partial charge >= 0.3 is 5.97 Å². The smallest absolute Gasteiger partial charge is 0.339 e. The van der Waals surface area contributed by atoms with Crippen LogP contribution < -0.4 is 5.32 Å². The van der Waals surface area contributed by atoms with E-state index in [9.17, 15) is 9.59 Å². The molecule has 1 N–H and O–H groups in total. The predicted octanol–water partition coefficient (Wildman–Crippen LogP) is 4.39. The number of benzene rings is 2. The average Bonchev–Trinajstić information content (AvgIpc) is 2.61. The van der Waals surface area contributed by atoms with Gasteiger partial charge in [0.1, 0.15) is 0 Å². The minimum Gasteiger partial charge on any atom is -0.465 e. The van der Waals surface area contributed by atoms with Crippen molar-refractivity contribution in [3.63, 3.8) is 0 Å². The first kappa shape index (κ1) is 18.4. The van der Waals surface area contributed by atoms with Crippen molar-refractivity contribution < 1.29 is 14.3 Å². The number of carbonyl (C=O) groups is 2. The molecular formula is C18H18ClNO3S. The topological polar surface area (TPSA) is 55.4 Å². The first-order valence-corrected chi connectivity index (χ1v) is 8.78. The van der Waals surface area contributed by atoms with Gasteiger partial charge in [0.05, 0.1) is 22.9 Å². The first-order valence-electron chi connectivity index (χ1n) is 7.35. The molecular weight excluding hydrogens is 346 g/mol. The van der Waals surface area contributed by atoms with Gasteiger partial charge in [0.25, 0.3) is 0 Å². The second kappa shape index (κ2) is 8.76. The molecule has 2 rings (SSSR count). The summed E-state index contributed by atoms with van der Waals surface area (Å²) in [5.41, 5.74) is 1.90. The van der Waals surface area contributed by atoms with Crippen LogP contribution in [0.25, 0.3) is 0 Å². The minimum absolute atomic E-state index is 0.130. The van der Waals surface area contributed by atoms with Crippen molar-refractivity contribution in [1.82, 2.24) is 0 Å². The molecule has 4 nitrogen and oxygen atoms in total. The quantitative estimate of drug-likeness (QED) is 0.773. The third kappa shape index (κ3) is 5.01. The van der Waals surface area contributed by atoms with Gasteiger partial charge in [-0.05, 0) is 30.7 Å². The fourth-order valence-corrected chi connectivity index (χ4v) is 3.02. The van der Waals surface area contributed by atoms with E-state index in [1.807, 2.05) is 37.3 Å². The van der Waals surface area contributed by atoms with Crippen LogP contribution in [0.2, 0.25) is 5.02 Å². The Morgan fingerprint density at radius 3 is 2.58 bits per heavy atom. The third-order valence-electron chi connectivity index (χ3n) is 3.35. The Kier molecular flexibility index (Phi) is 6.70. The largest absolute Gasteiger partial charge is 0.465 e. The molecule has 2 aromatic rings. The molecule has 0 spiro atoms.